The van der Waals surface area contributed by atoms with Crippen LogP contribution >= 0.6 is 0 Å². The van der Waals surface area contributed by atoms with Gasteiger partial charge in [-0.25, -0.2) is 4.98 Å². The molecule has 20 heavy (non-hydrogen) atoms. The van der Waals surface area contributed by atoms with Crippen LogP contribution in [0.5, 0.6) is 0 Å². The quantitative estimate of drug-likeness (QED) is 0.891. The molecule has 0 amide bonds. The molecule has 106 valence electrons. The monoisotopic (exact) mass is 273 g/mol. The number of H-pyrrole nitrogens is 1. The van der Waals surface area contributed by atoms with Gasteiger partial charge in [0.2, 0.25) is 0 Å². The highest BCUT2D eigenvalue weighted by Gasteiger charge is 2.27. The van der Waals surface area contributed by atoms with Gasteiger partial charge in [0.1, 0.15) is 12.4 Å². The first kappa shape index (κ1) is 13.3. The largest absolute Gasteiger partial charge is 0.366 e. The van der Waals surface area contributed by atoms with Gasteiger partial charge in [-0.1, -0.05) is 12.1 Å². The number of nitrogens with zero attached hydrogens (tertiary/aromatic N) is 1. The van der Waals surface area contributed by atoms with E-state index in [9.17, 15) is 4.79 Å². The standard InChI is InChI=1S/C15H19N3O2/c1-15(7-4-8-16-10-15)20-9-13-17-12-6-3-2-5-11(12)14(19)18-13/h2-3,5-6,16H,4,7-10H2,1H3,(H,17,18,19). The van der Waals surface area contributed by atoms with Crippen molar-refractivity contribution in [2.75, 3.05) is 13.1 Å². The van der Waals surface area contributed by atoms with Crippen molar-refractivity contribution in [2.24, 2.45) is 0 Å². The maximum Gasteiger partial charge on any atom is 0.258 e. The average molecular weight is 273 g/mol. The number of ether oxygens (including phenoxy) is 1. The van der Waals surface area contributed by atoms with Crippen LogP contribution in [0, 0.1) is 0 Å². The van der Waals surface area contributed by atoms with Gasteiger partial charge in [-0.15, -0.1) is 0 Å². The van der Waals surface area contributed by atoms with Gasteiger partial charge in [-0.2, -0.15) is 0 Å². The highest BCUT2D eigenvalue weighted by molar-refractivity contribution is 5.77. The molecule has 0 radical (unpaired) electrons. The lowest BCUT2D eigenvalue weighted by Crippen LogP contribution is -2.45. The van der Waals surface area contributed by atoms with Crippen LogP contribution < -0.4 is 10.9 Å². The SMILES string of the molecule is CC1(OCc2nc3ccccc3c(=O)[nH]2)CCCNC1. The van der Waals surface area contributed by atoms with E-state index in [0.29, 0.717) is 23.3 Å². The molecular weight excluding hydrogens is 254 g/mol. The summed E-state index contributed by atoms with van der Waals surface area (Å²) in [5.41, 5.74) is 0.422. The third-order valence-electron chi connectivity index (χ3n) is 3.78. The number of rotatable bonds is 3. The second kappa shape index (κ2) is 5.34. The van der Waals surface area contributed by atoms with Crippen LogP contribution in [0.3, 0.4) is 0 Å². The van der Waals surface area contributed by atoms with E-state index in [1.807, 2.05) is 18.2 Å². The first-order valence-corrected chi connectivity index (χ1v) is 6.99. The summed E-state index contributed by atoms with van der Waals surface area (Å²) in [5.74, 6) is 0.584. The van der Waals surface area contributed by atoms with E-state index >= 15 is 0 Å². The van der Waals surface area contributed by atoms with Crippen LogP contribution in [-0.2, 0) is 11.3 Å². The lowest BCUT2D eigenvalue weighted by Gasteiger charge is -2.33. The summed E-state index contributed by atoms with van der Waals surface area (Å²) in [6.07, 6.45) is 2.13. The maximum atomic E-state index is 12.0. The van der Waals surface area contributed by atoms with E-state index in [1.54, 1.807) is 6.07 Å². The lowest BCUT2D eigenvalue weighted by atomic mass is 9.96. The molecule has 5 nitrogen and oxygen atoms in total. The highest BCUT2D eigenvalue weighted by atomic mass is 16.5. The fourth-order valence-corrected chi connectivity index (χ4v) is 2.60. The fourth-order valence-electron chi connectivity index (χ4n) is 2.60. The van der Waals surface area contributed by atoms with Crippen molar-refractivity contribution in [1.82, 2.24) is 15.3 Å². The second-order valence-corrected chi connectivity index (χ2v) is 5.55. The summed E-state index contributed by atoms with van der Waals surface area (Å²) in [6, 6.07) is 7.34. The van der Waals surface area contributed by atoms with E-state index in [1.165, 1.54) is 0 Å². The van der Waals surface area contributed by atoms with Gasteiger partial charge >= 0.3 is 0 Å². The van der Waals surface area contributed by atoms with Gasteiger partial charge in [0, 0.05) is 6.54 Å². The number of aromatic nitrogens is 2. The van der Waals surface area contributed by atoms with Gasteiger partial charge < -0.3 is 15.0 Å². The minimum Gasteiger partial charge on any atom is -0.366 e. The number of para-hydroxylation sites is 1. The van der Waals surface area contributed by atoms with Crippen LogP contribution in [0.4, 0.5) is 0 Å². The van der Waals surface area contributed by atoms with Gasteiger partial charge in [-0.3, -0.25) is 4.79 Å². The van der Waals surface area contributed by atoms with Crippen LogP contribution in [0.1, 0.15) is 25.6 Å². The zero-order valence-corrected chi connectivity index (χ0v) is 11.6. The molecule has 0 saturated carbocycles. The van der Waals surface area contributed by atoms with E-state index in [4.69, 9.17) is 4.74 Å². The van der Waals surface area contributed by atoms with Crippen molar-refractivity contribution < 1.29 is 4.74 Å². The molecule has 1 aliphatic heterocycles. The van der Waals surface area contributed by atoms with Crippen molar-refractivity contribution in [3.63, 3.8) is 0 Å². The molecule has 1 aliphatic rings. The number of hydrogen-bond acceptors (Lipinski definition) is 4. The third-order valence-corrected chi connectivity index (χ3v) is 3.78. The molecule has 1 fully saturated rings. The number of nitrogens with one attached hydrogen (secondary N) is 2. The Morgan fingerprint density at radius 1 is 1.40 bits per heavy atom. The molecule has 2 heterocycles. The fraction of sp³-hybridized carbons (Fsp3) is 0.467. The van der Waals surface area contributed by atoms with Crippen molar-refractivity contribution in [2.45, 2.75) is 32.0 Å². The first-order valence-electron chi connectivity index (χ1n) is 6.99. The summed E-state index contributed by atoms with van der Waals surface area (Å²) < 4.78 is 5.97. The summed E-state index contributed by atoms with van der Waals surface area (Å²) in [7, 11) is 0. The summed E-state index contributed by atoms with van der Waals surface area (Å²) >= 11 is 0. The predicted octanol–water partition coefficient (Wildman–Crippen LogP) is 1.58. The number of fused-ring (bicyclic) bond motifs is 1. The van der Waals surface area contributed by atoms with Crippen LogP contribution in [0.25, 0.3) is 10.9 Å². The summed E-state index contributed by atoms with van der Waals surface area (Å²) in [5, 5.41) is 3.95. The highest BCUT2D eigenvalue weighted by Crippen LogP contribution is 2.21. The Hall–Kier alpha value is -1.72. The molecule has 2 aromatic rings. The average Bonchev–Trinajstić information content (AvgIpc) is 2.46. The van der Waals surface area contributed by atoms with Gasteiger partial charge in [0.15, 0.2) is 0 Å². The molecule has 0 spiro atoms. The topological polar surface area (TPSA) is 67.0 Å². The summed E-state index contributed by atoms with van der Waals surface area (Å²) in [4.78, 5) is 19.2. The normalized spacial score (nSPS) is 23.1. The van der Waals surface area contributed by atoms with Crippen LogP contribution in [0.15, 0.2) is 29.1 Å². The number of hydrogen-bond donors (Lipinski definition) is 2. The first-order chi connectivity index (χ1) is 9.66. The molecule has 3 rings (SSSR count). The van der Waals surface area contributed by atoms with E-state index < -0.39 is 0 Å². The Labute approximate surface area is 117 Å². The Kier molecular flexibility index (Phi) is 3.54. The van der Waals surface area contributed by atoms with Gasteiger partial charge in [0.25, 0.3) is 5.56 Å². The van der Waals surface area contributed by atoms with Crippen LogP contribution in [-0.4, -0.2) is 28.7 Å². The minimum absolute atomic E-state index is 0.110. The van der Waals surface area contributed by atoms with E-state index in [-0.39, 0.29) is 11.2 Å². The van der Waals surface area contributed by atoms with Crippen molar-refractivity contribution in [3.8, 4) is 0 Å². The van der Waals surface area contributed by atoms with E-state index in [0.717, 1.165) is 25.9 Å². The zero-order chi connectivity index (χ0) is 14.0. The molecule has 5 heteroatoms. The molecule has 1 aromatic carbocycles. The molecule has 1 atom stereocenters. The predicted molar refractivity (Wildman–Crippen MR) is 77.7 cm³/mol. The Balaban J connectivity index is 1.79. The maximum absolute atomic E-state index is 12.0. The molecule has 1 aromatic heterocycles. The Morgan fingerprint density at radius 2 is 2.25 bits per heavy atom. The number of aromatic amines is 1. The number of piperidine rings is 1. The zero-order valence-electron chi connectivity index (χ0n) is 11.6. The van der Waals surface area contributed by atoms with Crippen molar-refractivity contribution in [1.29, 1.82) is 0 Å². The van der Waals surface area contributed by atoms with E-state index in [2.05, 4.69) is 22.2 Å². The Morgan fingerprint density at radius 3 is 3.05 bits per heavy atom. The molecule has 2 N–H and O–H groups in total. The molecule has 0 bridgehead atoms. The Bertz CT molecular complexity index is 659. The lowest BCUT2D eigenvalue weighted by molar-refractivity contribution is -0.0595. The molecule has 0 aliphatic carbocycles. The van der Waals surface area contributed by atoms with Gasteiger partial charge in [-0.05, 0) is 38.4 Å². The van der Waals surface area contributed by atoms with Crippen LogP contribution in [0.2, 0.25) is 0 Å². The minimum atomic E-state index is -0.178. The third kappa shape index (κ3) is 2.73. The van der Waals surface area contributed by atoms with Gasteiger partial charge in [0.05, 0.1) is 16.5 Å². The smallest absolute Gasteiger partial charge is 0.258 e. The molecule has 1 unspecified atom stereocenters. The summed E-state index contributed by atoms with van der Waals surface area (Å²) in [6.45, 7) is 4.31. The number of benzene rings is 1. The molecular formula is C15H19N3O2. The second-order valence-electron chi connectivity index (χ2n) is 5.55. The van der Waals surface area contributed by atoms with Crippen molar-refractivity contribution >= 4 is 10.9 Å². The van der Waals surface area contributed by atoms with Crippen molar-refractivity contribution in [3.05, 3.63) is 40.4 Å². The molecule has 1 saturated heterocycles.